The summed E-state index contributed by atoms with van der Waals surface area (Å²) in [5.74, 6) is 0.815. The minimum atomic E-state index is -0.608. The second-order valence-electron chi connectivity index (χ2n) is 4.48. The number of nitrogens with one attached hydrogen (secondary N) is 1. The SMILES string of the molecule is Cc1ncnn1C1=C2NC=CC=C2C=CC1(C)Cl. The summed E-state index contributed by atoms with van der Waals surface area (Å²) >= 11 is 6.60. The monoisotopic (exact) mass is 260 g/mol. The van der Waals surface area contributed by atoms with Crippen LogP contribution in [0, 0.1) is 6.92 Å². The molecule has 1 aromatic rings. The van der Waals surface area contributed by atoms with Crippen LogP contribution in [0.5, 0.6) is 0 Å². The molecule has 0 saturated carbocycles. The molecule has 0 bridgehead atoms. The minimum absolute atomic E-state index is 0.608. The molecule has 1 aliphatic carbocycles. The standard InChI is InChI=1S/C13H13ClN4/c1-9-16-8-17-18(9)12-11-10(4-3-7-15-11)5-6-13(12,2)14/h3-8,15H,1-2H3. The largest absolute Gasteiger partial charge is 0.360 e. The number of hydrogen-bond donors (Lipinski definition) is 1. The van der Waals surface area contributed by atoms with Gasteiger partial charge in [0.15, 0.2) is 0 Å². The number of nitrogens with zero attached hydrogens (tertiary/aromatic N) is 3. The lowest BCUT2D eigenvalue weighted by molar-refractivity contribution is 0.764. The Morgan fingerprint density at radius 3 is 3.00 bits per heavy atom. The average molecular weight is 261 g/mol. The molecule has 92 valence electrons. The number of aromatic nitrogens is 3. The summed E-state index contributed by atoms with van der Waals surface area (Å²) in [5.41, 5.74) is 2.98. The molecule has 18 heavy (non-hydrogen) atoms. The van der Waals surface area contributed by atoms with E-state index < -0.39 is 4.87 Å². The summed E-state index contributed by atoms with van der Waals surface area (Å²) in [4.78, 5) is 3.56. The van der Waals surface area contributed by atoms with Crippen LogP contribution in [0.3, 0.4) is 0 Å². The first-order chi connectivity index (χ1) is 8.59. The van der Waals surface area contributed by atoms with E-state index in [-0.39, 0.29) is 0 Å². The molecular weight excluding hydrogens is 248 g/mol. The Hall–Kier alpha value is -1.81. The Morgan fingerprint density at radius 1 is 1.44 bits per heavy atom. The number of rotatable bonds is 1. The van der Waals surface area contributed by atoms with Crippen molar-refractivity contribution >= 4 is 17.3 Å². The molecule has 0 amide bonds. The number of dihydropyridines is 1. The van der Waals surface area contributed by atoms with Crippen LogP contribution in [0.1, 0.15) is 12.7 Å². The Kier molecular flexibility index (Phi) is 2.41. The fourth-order valence-corrected chi connectivity index (χ4v) is 2.43. The van der Waals surface area contributed by atoms with Crippen LogP contribution in [-0.2, 0) is 0 Å². The van der Waals surface area contributed by atoms with E-state index in [1.165, 1.54) is 6.33 Å². The summed E-state index contributed by atoms with van der Waals surface area (Å²) in [6, 6.07) is 0. The van der Waals surface area contributed by atoms with Crippen molar-refractivity contribution in [3.05, 3.63) is 53.9 Å². The third-order valence-electron chi connectivity index (χ3n) is 3.09. The molecule has 1 aromatic heterocycles. The van der Waals surface area contributed by atoms with Gasteiger partial charge in [0.25, 0.3) is 0 Å². The van der Waals surface area contributed by atoms with E-state index in [1.807, 2.05) is 44.4 Å². The fraction of sp³-hybridized carbons (Fsp3) is 0.231. The first kappa shape index (κ1) is 11.3. The van der Waals surface area contributed by atoms with Gasteiger partial charge in [-0.05, 0) is 25.5 Å². The van der Waals surface area contributed by atoms with Gasteiger partial charge < -0.3 is 5.32 Å². The summed E-state index contributed by atoms with van der Waals surface area (Å²) in [5, 5.41) is 7.51. The third kappa shape index (κ3) is 1.61. The molecule has 0 radical (unpaired) electrons. The number of aryl methyl sites for hydroxylation is 1. The third-order valence-corrected chi connectivity index (χ3v) is 3.40. The highest BCUT2D eigenvalue weighted by atomic mass is 35.5. The van der Waals surface area contributed by atoms with Gasteiger partial charge in [-0.25, -0.2) is 9.67 Å². The van der Waals surface area contributed by atoms with Gasteiger partial charge in [-0.15, -0.1) is 11.6 Å². The lowest BCUT2D eigenvalue weighted by Crippen LogP contribution is -2.30. The van der Waals surface area contributed by atoms with Crippen molar-refractivity contribution in [2.45, 2.75) is 18.7 Å². The van der Waals surface area contributed by atoms with Crippen molar-refractivity contribution in [2.24, 2.45) is 0 Å². The predicted octanol–water partition coefficient (Wildman–Crippen LogP) is 2.37. The predicted molar refractivity (Wildman–Crippen MR) is 71.7 cm³/mol. The number of alkyl halides is 1. The van der Waals surface area contributed by atoms with E-state index in [0.717, 1.165) is 22.8 Å². The molecule has 1 atom stereocenters. The minimum Gasteiger partial charge on any atom is -0.360 e. The topological polar surface area (TPSA) is 42.7 Å². The molecule has 1 N–H and O–H groups in total. The maximum absolute atomic E-state index is 6.60. The van der Waals surface area contributed by atoms with Crippen LogP contribution in [0.25, 0.3) is 5.70 Å². The van der Waals surface area contributed by atoms with E-state index in [0.29, 0.717) is 0 Å². The molecule has 5 heteroatoms. The van der Waals surface area contributed by atoms with E-state index in [9.17, 15) is 0 Å². The van der Waals surface area contributed by atoms with Gasteiger partial charge in [-0.2, -0.15) is 5.10 Å². The smallest absolute Gasteiger partial charge is 0.138 e. The average Bonchev–Trinajstić information content (AvgIpc) is 2.74. The Morgan fingerprint density at radius 2 is 2.28 bits per heavy atom. The zero-order chi connectivity index (χ0) is 12.8. The van der Waals surface area contributed by atoms with Crippen molar-refractivity contribution in [1.29, 1.82) is 0 Å². The lowest BCUT2D eigenvalue weighted by atomic mass is 9.92. The van der Waals surface area contributed by atoms with Crippen molar-refractivity contribution in [1.82, 2.24) is 20.1 Å². The molecular formula is C13H13ClN4. The van der Waals surface area contributed by atoms with E-state index >= 15 is 0 Å². The highest BCUT2D eigenvalue weighted by Crippen LogP contribution is 2.39. The van der Waals surface area contributed by atoms with Crippen molar-refractivity contribution in [2.75, 3.05) is 0 Å². The second-order valence-corrected chi connectivity index (χ2v) is 5.26. The zero-order valence-corrected chi connectivity index (χ0v) is 10.9. The first-order valence-electron chi connectivity index (χ1n) is 5.73. The van der Waals surface area contributed by atoms with Gasteiger partial charge in [-0.3, -0.25) is 0 Å². The maximum atomic E-state index is 6.60. The summed E-state index contributed by atoms with van der Waals surface area (Å²) < 4.78 is 1.78. The van der Waals surface area contributed by atoms with Gasteiger partial charge in [0.2, 0.25) is 0 Å². The number of allylic oxidation sites excluding steroid dienone is 5. The Labute approximate surface area is 110 Å². The van der Waals surface area contributed by atoms with Crippen LogP contribution in [0.4, 0.5) is 0 Å². The first-order valence-corrected chi connectivity index (χ1v) is 6.11. The van der Waals surface area contributed by atoms with E-state index in [2.05, 4.69) is 15.4 Å². The Balaban J connectivity index is 2.25. The highest BCUT2D eigenvalue weighted by molar-refractivity contribution is 6.31. The number of halogens is 1. The molecule has 0 fully saturated rings. The fourth-order valence-electron chi connectivity index (χ4n) is 2.20. The molecule has 0 spiro atoms. The highest BCUT2D eigenvalue weighted by Gasteiger charge is 2.34. The van der Waals surface area contributed by atoms with Crippen LogP contribution in [0.15, 0.2) is 48.1 Å². The summed E-state index contributed by atoms with van der Waals surface area (Å²) in [7, 11) is 0. The van der Waals surface area contributed by atoms with Gasteiger partial charge in [0.05, 0.1) is 11.4 Å². The van der Waals surface area contributed by atoms with E-state index in [4.69, 9.17) is 11.6 Å². The maximum Gasteiger partial charge on any atom is 0.138 e. The molecule has 2 aliphatic rings. The van der Waals surface area contributed by atoms with Crippen LogP contribution in [0.2, 0.25) is 0 Å². The number of hydrogen-bond acceptors (Lipinski definition) is 3. The van der Waals surface area contributed by atoms with Gasteiger partial charge in [0, 0.05) is 6.20 Å². The summed E-state index contributed by atoms with van der Waals surface area (Å²) in [6.07, 6.45) is 11.4. The van der Waals surface area contributed by atoms with Crippen molar-refractivity contribution in [3.63, 3.8) is 0 Å². The summed E-state index contributed by atoms with van der Waals surface area (Å²) in [6.45, 7) is 3.86. The number of fused-ring (bicyclic) bond motifs is 1. The quantitative estimate of drug-likeness (QED) is 0.789. The van der Waals surface area contributed by atoms with Gasteiger partial charge >= 0.3 is 0 Å². The molecule has 0 saturated heterocycles. The molecule has 1 aliphatic heterocycles. The van der Waals surface area contributed by atoms with Crippen LogP contribution in [-0.4, -0.2) is 19.6 Å². The van der Waals surface area contributed by atoms with Crippen molar-refractivity contribution in [3.8, 4) is 0 Å². The van der Waals surface area contributed by atoms with E-state index in [1.54, 1.807) is 4.68 Å². The molecule has 3 rings (SSSR count). The normalized spacial score (nSPS) is 25.8. The second kappa shape index (κ2) is 3.85. The lowest BCUT2D eigenvalue weighted by Gasteiger charge is -2.31. The van der Waals surface area contributed by atoms with Gasteiger partial charge in [0.1, 0.15) is 17.0 Å². The Bertz CT molecular complexity index is 617. The van der Waals surface area contributed by atoms with Gasteiger partial charge in [-0.1, -0.05) is 18.2 Å². The molecule has 4 nitrogen and oxygen atoms in total. The molecule has 2 heterocycles. The van der Waals surface area contributed by atoms with Crippen LogP contribution >= 0.6 is 11.6 Å². The molecule has 0 aromatic carbocycles. The zero-order valence-electron chi connectivity index (χ0n) is 10.2. The molecule has 1 unspecified atom stereocenters. The van der Waals surface area contributed by atoms with Crippen molar-refractivity contribution < 1.29 is 0 Å². The van der Waals surface area contributed by atoms with Crippen LogP contribution < -0.4 is 5.32 Å².